The molecule has 1 aliphatic rings. The summed E-state index contributed by atoms with van der Waals surface area (Å²) in [4.78, 5) is 25.2. The first-order chi connectivity index (χ1) is 9.99. The molecule has 1 atom stereocenters. The van der Waals surface area contributed by atoms with Crippen LogP contribution in [0.5, 0.6) is 0 Å². The lowest BCUT2D eigenvalue weighted by molar-refractivity contribution is -0.137. The first-order valence-electron chi connectivity index (χ1n) is 6.97. The van der Waals surface area contributed by atoms with Crippen LogP contribution in [0.3, 0.4) is 0 Å². The van der Waals surface area contributed by atoms with Gasteiger partial charge >= 0.3 is 5.97 Å². The highest BCUT2D eigenvalue weighted by atomic mass is 79.9. The zero-order valence-electron chi connectivity index (χ0n) is 11.5. The van der Waals surface area contributed by atoms with Crippen molar-refractivity contribution < 1.29 is 14.7 Å². The Morgan fingerprint density at radius 3 is 2.81 bits per heavy atom. The molecule has 21 heavy (non-hydrogen) atoms. The lowest BCUT2D eigenvalue weighted by atomic mass is 9.97. The van der Waals surface area contributed by atoms with Crippen LogP contribution in [0.25, 0.3) is 0 Å². The second-order valence-corrected chi connectivity index (χ2v) is 6.47. The molecule has 1 amide bonds. The predicted molar refractivity (Wildman–Crippen MR) is 84.7 cm³/mol. The number of nitrogens with zero attached hydrogens (tertiary/aromatic N) is 1. The Morgan fingerprint density at radius 2 is 2.14 bits per heavy atom. The zero-order valence-corrected chi connectivity index (χ0v) is 13.9. The third-order valence-corrected chi connectivity index (χ3v) is 4.96. The van der Waals surface area contributed by atoms with Gasteiger partial charge in [-0.2, -0.15) is 0 Å². The van der Waals surface area contributed by atoms with Crippen LogP contribution in [-0.2, 0) is 4.79 Å². The topological polar surface area (TPSA) is 57.6 Å². The van der Waals surface area contributed by atoms with Gasteiger partial charge in [-0.25, -0.2) is 0 Å². The smallest absolute Gasteiger partial charge is 0.303 e. The number of likely N-dealkylation sites (tertiary alicyclic amines) is 1. The Hall–Kier alpha value is -1.07. The summed E-state index contributed by atoms with van der Waals surface area (Å²) in [5.41, 5.74) is 0.577. The minimum atomic E-state index is -0.817. The molecule has 1 aromatic rings. The van der Waals surface area contributed by atoms with Gasteiger partial charge in [-0.1, -0.05) is 11.6 Å². The zero-order chi connectivity index (χ0) is 15.4. The number of carbonyl (C=O) groups is 2. The maximum atomic E-state index is 12.6. The molecule has 0 aliphatic carbocycles. The molecule has 0 spiro atoms. The highest BCUT2D eigenvalue weighted by molar-refractivity contribution is 9.10. The van der Waals surface area contributed by atoms with E-state index in [1.807, 2.05) is 4.90 Å². The summed E-state index contributed by atoms with van der Waals surface area (Å²) in [6.07, 6.45) is 3.48. The van der Waals surface area contributed by atoms with Gasteiger partial charge < -0.3 is 10.0 Å². The Balaban J connectivity index is 2.13. The number of piperidine rings is 1. The number of carbonyl (C=O) groups excluding carboxylic acids is 1. The number of carboxylic acids is 1. The van der Waals surface area contributed by atoms with Crippen molar-refractivity contribution in [1.29, 1.82) is 0 Å². The van der Waals surface area contributed by atoms with Gasteiger partial charge in [0.2, 0.25) is 0 Å². The lowest BCUT2D eigenvalue weighted by Gasteiger charge is -2.35. The normalized spacial score (nSPS) is 18.6. The number of carboxylic acid groups (broad SMARTS) is 1. The summed E-state index contributed by atoms with van der Waals surface area (Å²) in [6.45, 7) is 0.684. The average molecular weight is 375 g/mol. The van der Waals surface area contributed by atoms with Crippen molar-refractivity contribution in [2.45, 2.75) is 38.1 Å². The molecule has 1 N–H and O–H groups in total. The van der Waals surface area contributed by atoms with Crippen molar-refractivity contribution in [3.63, 3.8) is 0 Å². The first-order valence-corrected chi connectivity index (χ1v) is 8.14. The molecule has 4 nitrogen and oxygen atoms in total. The summed E-state index contributed by atoms with van der Waals surface area (Å²) < 4.78 is 0.689. The molecule has 1 aliphatic heterocycles. The average Bonchev–Trinajstić information content (AvgIpc) is 2.47. The molecule has 1 heterocycles. The number of hydrogen-bond donors (Lipinski definition) is 1. The second kappa shape index (κ2) is 7.27. The van der Waals surface area contributed by atoms with Gasteiger partial charge in [0.15, 0.2) is 0 Å². The van der Waals surface area contributed by atoms with E-state index in [0.29, 0.717) is 28.0 Å². The second-order valence-electron chi connectivity index (χ2n) is 5.21. The highest BCUT2D eigenvalue weighted by Gasteiger charge is 2.27. The fourth-order valence-electron chi connectivity index (χ4n) is 2.65. The largest absolute Gasteiger partial charge is 0.481 e. The van der Waals surface area contributed by atoms with Gasteiger partial charge in [0, 0.05) is 29.0 Å². The van der Waals surface area contributed by atoms with Crippen molar-refractivity contribution in [2.24, 2.45) is 0 Å². The third kappa shape index (κ3) is 4.20. The van der Waals surface area contributed by atoms with E-state index in [2.05, 4.69) is 15.9 Å². The number of halogens is 2. The van der Waals surface area contributed by atoms with Gasteiger partial charge in [0.1, 0.15) is 0 Å². The number of aliphatic carboxylic acids is 1. The molecule has 2 rings (SSSR count). The summed E-state index contributed by atoms with van der Waals surface area (Å²) in [5, 5.41) is 9.39. The Labute approximate surface area is 137 Å². The van der Waals surface area contributed by atoms with Crippen LogP contribution < -0.4 is 0 Å². The van der Waals surface area contributed by atoms with E-state index in [0.717, 1.165) is 19.3 Å². The van der Waals surface area contributed by atoms with Crippen molar-refractivity contribution >= 4 is 39.4 Å². The maximum Gasteiger partial charge on any atom is 0.303 e. The van der Waals surface area contributed by atoms with Gasteiger partial charge in [-0.05, 0) is 59.8 Å². The van der Waals surface area contributed by atoms with E-state index in [4.69, 9.17) is 16.7 Å². The molecular weight excluding hydrogens is 358 g/mol. The van der Waals surface area contributed by atoms with Gasteiger partial charge in [0.05, 0.1) is 5.02 Å². The Kier molecular flexibility index (Phi) is 5.65. The third-order valence-electron chi connectivity index (χ3n) is 3.75. The molecule has 1 aromatic carbocycles. The van der Waals surface area contributed by atoms with Crippen molar-refractivity contribution in [3.05, 3.63) is 33.3 Å². The minimum absolute atomic E-state index is 0.0109. The monoisotopic (exact) mass is 373 g/mol. The molecule has 6 heteroatoms. The fraction of sp³-hybridized carbons (Fsp3) is 0.467. The van der Waals surface area contributed by atoms with E-state index < -0.39 is 5.97 Å². The number of benzene rings is 1. The number of rotatable bonds is 4. The van der Waals surface area contributed by atoms with Gasteiger partial charge in [-0.3, -0.25) is 9.59 Å². The Bertz CT molecular complexity index is 550. The van der Waals surface area contributed by atoms with Gasteiger partial charge in [-0.15, -0.1) is 0 Å². The van der Waals surface area contributed by atoms with E-state index in [1.165, 1.54) is 0 Å². The molecule has 0 bridgehead atoms. The van der Waals surface area contributed by atoms with Crippen molar-refractivity contribution in [2.75, 3.05) is 6.54 Å². The summed E-state index contributed by atoms with van der Waals surface area (Å²) in [6, 6.07) is 5.12. The molecule has 1 unspecified atom stereocenters. The quantitative estimate of drug-likeness (QED) is 0.868. The molecule has 1 fully saturated rings. The van der Waals surface area contributed by atoms with Crippen molar-refractivity contribution in [3.8, 4) is 0 Å². The maximum absolute atomic E-state index is 12.6. The lowest BCUT2D eigenvalue weighted by Crippen LogP contribution is -2.44. The van der Waals surface area contributed by atoms with Gasteiger partial charge in [0.25, 0.3) is 5.91 Å². The van der Waals surface area contributed by atoms with Crippen LogP contribution in [0.15, 0.2) is 22.7 Å². The first kappa shape index (κ1) is 16.3. The molecule has 0 saturated carbocycles. The SMILES string of the molecule is O=C(O)CCC1CCCCN1C(=O)c1ccc(Cl)c(Br)c1. The standard InChI is InChI=1S/C15H17BrClNO3/c16-12-9-10(4-6-13(12)17)15(21)18-8-2-1-3-11(18)5-7-14(19)20/h4,6,9,11H,1-3,5,7-8H2,(H,19,20). The van der Waals surface area contributed by atoms with Crippen LogP contribution in [0, 0.1) is 0 Å². The van der Waals surface area contributed by atoms with Crippen LogP contribution in [-0.4, -0.2) is 34.5 Å². The summed E-state index contributed by atoms with van der Waals surface area (Å²) >= 11 is 9.27. The van der Waals surface area contributed by atoms with Crippen molar-refractivity contribution in [1.82, 2.24) is 4.90 Å². The fourth-order valence-corrected chi connectivity index (χ4v) is 3.15. The van der Waals surface area contributed by atoms with Crippen LogP contribution in [0.1, 0.15) is 42.5 Å². The van der Waals surface area contributed by atoms with Crippen LogP contribution >= 0.6 is 27.5 Å². The van der Waals surface area contributed by atoms with Crippen LogP contribution in [0.4, 0.5) is 0 Å². The van der Waals surface area contributed by atoms with Crippen LogP contribution in [0.2, 0.25) is 5.02 Å². The molecule has 0 aromatic heterocycles. The summed E-state index contributed by atoms with van der Waals surface area (Å²) in [5.74, 6) is -0.871. The minimum Gasteiger partial charge on any atom is -0.481 e. The molecular formula is C15H17BrClNO3. The summed E-state index contributed by atoms with van der Waals surface area (Å²) in [7, 11) is 0. The molecule has 1 saturated heterocycles. The highest BCUT2D eigenvalue weighted by Crippen LogP contribution is 2.27. The predicted octanol–water partition coefficient (Wildman–Crippen LogP) is 3.96. The van der Waals surface area contributed by atoms with E-state index in [1.54, 1.807) is 18.2 Å². The van der Waals surface area contributed by atoms with E-state index >= 15 is 0 Å². The number of hydrogen-bond acceptors (Lipinski definition) is 2. The van der Waals surface area contributed by atoms with E-state index in [9.17, 15) is 9.59 Å². The van der Waals surface area contributed by atoms with E-state index in [-0.39, 0.29) is 18.4 Å². The Morgan fingerprint density at radius 1 is 1.38 bits per heavy atom. The number of amides is 1. The molecule has 114 valence electrons. The molecule has 0 radical (unpaired) electrons.